The molecule has 0 fully saturated rings. The monoisotopic (exact) mass is 240 g/mol. The summed E-state index contributed by atoms with van der Waals surface area (Å²) in [7, 11) is 0. The van der Waals surface area contributed by atoms with E-state index in [0.29, 0.717) is 12.5 Å². The van der Waals surface area contributed by atoms with Crippen LogP contribution in [0.1, 0.15) is 38.1 Å². The molecular weight excluding hydrogens is 220 g/mol. The molecule has 0 saturated heterocycles. The Hall–Kier alpha value is -0.870. The van der Waals surface area contributed by atoms with E-state index >= 15 is 0 Å². The third kappa shape index (κ3) is 4.77. The number of rotatable bonds is 6. The van der Waals surface area contributed by atoms with E-state index in [9.17, 15) is 4.79 Å². The van der Waals surface area contributed by atoms with Crippen molar-refractivity contribution in [2.24, 2.45) is 0 Å². The first-order valence-corrected chi connectivity index (χ1v) is 6.53. The van der Waals surface area contributed by atoms with Gasteiger partial charge >= 0.3 is 0 Å². The first kappa shape index (κ1) is 13.2. The van der Waals surface area contributed by atoms with Crippen LogP contribution in [0, 0.1) is 0 Å². The minimum Gasteiger partial charge on any atom is -0.354 e. The smallest absolute Gasteiger partial charge is 0.221 e. The van der Waals surface area contributed by atoms with Crippen LogP contribution in [0.25, 0.3) is 0 Å². The molecule has 1 rings (SSSR count). The predicted octanol–water partition coefficient (Wildman–Crippen LogP) is 2.31. The van der Waals surface area contributed by atoms with Crippen molar-refractivity contribution < 1.29 is 4.79 Å². The molecule has 0 spiro atoms. The van der Waals surface area contributed by atoms with E-state index < -0.39 is 0 Å². The van der Waals surface area contributed by atoms with Crippen LogP contribution in [-0.2, 0) is 4.79 Å². The quantitative estimate of drug-likeness (QED) is 0.801. The first-order chi connectivity index (χ1) is 7.59. The van der Waals surface area contributed by atoms with Gasteiger partial charge in [0.25, 0.3) is 0 Å². The predicted molar refractivity (Wildman–Crippen MR) is 68.6 cm³/mol. The van der Waals surface area contributed by atoms with Crippen molar-refractivity contribution in [1.29, 1.82) is 0 Å². The maximum Gasteiger partial charge on any atom is 0.221 e. The molecule has 0 aliphatic carbocycles. The SMILES string of the molecule is CC(C)NC(=O)CCN[C@H](C)c1cccs1. The Kier molecular flexibility index (Phi) is 5.49. The Balaban J connectivity index is 2.18. The van der Waals surface area contributed by atoms with Crippen molar-refractivity contribution in [3.05, 3.63) is 22.4 Å². The fourth-order valence-electron chi connectivity index (χ4n) is 1.43. The van der Waals surface area contributed by atoms with Gasteiger partial charge in [0, 0.05) is 29.9 Å². The van der Waals surface area contributed by atoms with Gasteiger partial charge in [0.05, 0.1) is 0 Å². The summed E-state index contributed by atoms with van der Waals surface area (Å²) in [6, 6.07) is 4.70. The second-order valence-electron chi connectivity index (χ2n) is 4.16. The van der Waals surface area contributed by atoms with Crippen LogP contribution in [-0.4, -0.2) is 18.5 Å². The fourth-order valence-corrected chi connectivity index (χ4v) is 2.19. The molecule has 90 valence electrons. The Morgan fingerprint density at radius 1 is 1.44 bits per heavy atom. The molecule has 1 amide bonds. The maximum atomic E-state index is 11.4. The van der Waals surface area contributed by atoms with Crippen molar-refractivity contribution in [3.8, 4) is 0 Å². The number of hydrogen-bond acceptors (Lipinski definition) is 3. The van der Waals surface area contributed by atoms with Crippen LogP contribution >= 0.6 is 11.3 Å². The van der Waals surface area contributed by atoms with Crippen molar-refractivity contribution in [3.63, 3.8) is 0 Å². The summed E-state index contributed by atoms with van der Waals surface area (Å²) < 4.78 is 0. The van der Waals surface area contributed by atoms with Crippen LogP contribution < -0.4 is 10.6 Å². The summed E-state index contributed by atoms with van der Waals surface area (Å²) in [5, 5.41) is 8.28. The number of amides is 1. The number of nitrogens with one attached hydrogen (secondary N) is 2. The Morgan fingerprint density at radius 3 is 2.75 bits per heavy atom. The van der Waals surface area contributed by atoms with Crippen LogP contribution in [0.5, 0.6) is 0 Å². The van der Waals surface area contributed by atoms with Gasteiger partial charge < -0.3 is 10.6 Å². The lowest BCUT2D eigenvalue weighted by molar-refractivity contribution is -0.121. The third-order valence-electron chi connectivity index (χ3n) is 2.22. The van der Waals surface area contributed by atoms with E-state index in [0.717, 1.165) is 6.54 Å². The van der Waals surface area contributed by atoms with E-state index in [4.69, 9.17) is 0 Å². The molecule has 1 heterocycles. The minimum atomic E-state index is 0.112. The molecule has 0 aromatic carbocycles. The molecule has 0 bridgehead atoms. The number of carbonyl (C=O) groups is 1. The van der Waals surface area contributed by atoms with E-state index in [1.54, 1.807) is 11.3 Å². The zero-order chi connectivity index (χ0) is 12.0. The Labute approximate surface area is 101 Å². The number of thiophene rings is 1. The highest BCUT2D eigenvalue weighted by atomic mass is 32.1. The van der Waals surface area contributed by atoms with Gasteiger partial charge in [0.15, 0.2) is 0 Å². The van der Waals surface area contributed by atoms with Gasteiger partial charge in [0.1, 0.15) is 0 Å². The Morgan fingerprint density at radius 2 is 2.19 bits per heavy atom. The van der Waals surface area contributed by atoms with Gasteiger partial charge in [-0.1, -0.05) is 6.07 Å². The lowest BCUT2D eigenvalue weighted by atomic mass is 10.2. The third-order valence-corrected chi connectivity index (χ3v) is 3.28. The minimum absolute atomic E-state index is 0.112. The molecule has 16 heavy (non-hydrogen) atoms. The molecule has 0 aliphatic rings. The fraction of sp³-hybridized carbons (Fsp3) is 0.583. The molecule has 1 atom stereocenters. The average molecular weight is 240 g/mol. The first-order valence-electron chi connectivity index (χ1n) is 5.65. The summed E-state index contributed by atoms with van der Waals surface area (Å²) in [5.41, 5.74) is 0. The van der Waals surface area contributed by atoms with Crippen molar-refractivity contribution in [1.82, 2.24) is 10.6 Å². The van der Waals surface area contributed by atoms with E-state index in [1.165, 1.54) is 4.88 Å². The zero-order valence-corrected chi connectivity index (χ0v) is 10.9. The summed E-state index contributed by atoms with van der Waals surface area (Å²) in [4.78, 5) is 12.7. The summed E-state index contributed by atoms with van der Waals surface area (Å²) in [6.45, 7) is 6.78. The van der Waals surface area contributed by atoms with E-state index in [1.807, 2.05) is 19.9 Å². The molecule has 1 aromatic heterocycles. The van der Waals surface area contributed by atoms with Crippen LogP contribution in [0.4, 0.5) is 0 Å². The van der Waals surface area contributed by atoms with Gasteiger partial charge in [-0.05, 0) is 32.2 Å². The zero-order valence-electron chi connectivity index (χ0n) is 10.1. The maximum absolute atomic E-state index is 11.4. The summed E-state index contributed by atoms with van der Waals surface area (Å²) in [5.74, 6) is 0.112. The second-order valence-corrected chi connectivity index (χ2v) is 5.14. The van der Waals surface area contributed by atoms with Gasteiger partial charge in [-0.2, -0.15) is 0 Å². The standard InChI is InChI=1S/C12H20N2OS/c1-9(2)14-12(15)6-7-13-10(3)11-5-4-8-16-11/h4-5,8-10,13H,6-7H2,1-3H3,(H,14,15)/t10-/m1/s1. The molecule has 2 N–H and O–H groups in total. The molecule has 0 unspecified atom stereocenters. The molecular formula is C12H20N2OS. The van der Waals surface area contributed by atoms with Crippen molar-refractivity contribution in [2.75, 3.05) is 6.54 Å². The second kappa shape index (κ2) is 6.66. The lowest BCUT2D eigenvalue weighted by Crippen LogP contribution is -2.33. The van der Waals surface area contributed by atoms with Gasteiger partial charge in [-0.3, -0.25) is 4.79 Å². The number of carbonyl (C=O) groups excluding carboxylic acids is 1. The van der Waals surface area contributed by atoms with E-state index in [-0.39, 0.29) is 11.9 Å². The Bertz CT molecular complexity index is 309. The average Bonchev–Trinajstić information content (AvgIpc) is 2.68. The van der Waals surface area contributed by atoms with E-state index in [2.05, 4.69) is 29.0 Å². The molecule has 0 aliphatic heterocycles. The highest BCUT2D eigenvalue weighted by molar-refractivity contribution is 7.10. The van der Waals surface area contributed by atoms with Crippen molar-refractivity contribution in [2.45, 2.75) is 39.3 Å². The molecule has 0 radical (unpaired) electrons. The summed E-state index contributed by atoms with van der Waals surface area (Å²) >= 11 is 1.74. The highest BCUT2D eigenvalue weighted by Gasteiger charge is 2.07. The van der Waals surface area contributed by atoms with Crippen molar-refractivity contribution >= 4 is 17.2 Å². The molecule has 1 aromatic rings. The normalized spacial score (nSPS) is 12.8. The lowest BCUT2D eigenvalue weighted by Gasteiger charge is -2.12. The molecule has 3 nitrogen and oxygen atoms in total. The largest absolute Gasteiger partial charge is 0.354 e. The van der Waals surface area contributed by atoms with Crippen LogP contribution in [0.3, 0.4) is 0 Å². The molecule has 4 heteroatoms. The topological polar surface area (TPSA) is 41.1 Å². The number of hydrogen-bond donors (Lipinski definition) is 2. The highest BCUT2D eigenvalue weighted by Crippen LogP contribution is 2.17. The summed E-state index contributed by atoms with van der Waals surface area (Å²) in [6.07, 6.45) is 0.536. The van der Waals surface area contributed by atoms with Gasteiger partial charge in [-0.15, -0.1) is 11.3 Å². The van der Waals surface area contributed by atoms with Gasteiger partial charge in [-0.25, -0.2) is 0 Å². The van der Waals surface area contributed by atoms with Crippen LogP contribution in [0.15, 0.2) is 17.5 Å². The van der Waals surface area contributed by atoms with Gasteiger partial charge in [0.2, 0.25) is 5.91 Å². The van der Waals surface area contributed by atoms with Crippen LogP contribution in [0.2, 0.25) is 0 Å². The molecule has 0 saturated carbocycles.